The molecule has 0 unspecified atom stereocenters. The van der Waals surface area contributed by atoms with E-state index in [1.165, 1.54) is 36.5 Å². The second-order valence-electron chi connectivity index (χ2n) is 22.6. The Hall–Kier alpha value is -10.1. The minimum Gasteiger partial charge on any atom is -0.508 e. The van der Waals surface area contributed by atoms with Crippen molar-refractivity contribution < 1.29 is 68.1 Å². The molecule has 2 saturated heterocycles. The molecule has 10 amide bonds. The van der Waals surface area contributed by atoms with Crippen molar-refractivity contribution in [1.82, 2.24) is 72.7 Å². The van der Waals surface area contributed by atoms with Crippen molar-refractivity contribution in [1.29, 1.82) is 0 Å². The molecule has 3 aromatic carbocycles. The fourth-order valence-corrected chi connectivity index (χ4v) is 10.9. The molecule has 5 heterocycles. The van der Waals surface area contributed by atoms with Crippen LogP contribution in [0.15, 0.2) is 97.7 Å². The quantitative estimate of drug-likeness (QED) is 0.0275. The first-order valence-corrected chi connectivity index (χ1v) is 29.3. The van der Waals surface area contributed by atoms with E-state index in [0.29, 0.717) is 34.2 Å². The fraction of sp³-hybridized carbons (Fsp3) is 0.410. The summed E-state index contributed by atoms with van der Waals surface area (Å²) in [4.78, 5) is 165. The van der Waals surface area contributed by atoms with Gasteiger partial charge in [0.2, 0.25) is 59.1 Å². The molecular formula is C61H74N14O14. The molecule has 28 heteroatoms. The highest BCUT2D eigenvalue weighted by molar-refractivity contribution is 6.00. The smallest absolute Gasteiger partial charge is 0.322 e. The molecule has 0 spiro atoms. The Morgan fingerprint density at radius 1 is 0.618 bits per heavy atom. The molecular weight excluding hydrogens is 1150 g/mol. The van der Waals surface area contributed by atoms with Gasteiger partial charge in [-0.2, -0.15) is 0 Å². The number of nitrogens with zero attached hydrogens (tertiary/aromatic N) is 2. The third kappa shape index (κ3) is 17.3. The number of imidazole rings is 1. The number of aliphatic hydroxyl groups is 1. The lowest BCUT2D eigenvalue weighted by Crippen LogP contribution is -2.61. The molecule has 472 valence electrons. The van der Waals surface area contributed by atoms with E-state index < -0.39 is 127 Å². The number of aliphatic hydroxyl groups excluding tert-OH is 1. The van der Waals surface area contributed by atoms with Gasteiger partial charge in [-0.25, -0.2) is 4.98 Å². The number of benzene rings is 3. The highest BCUT2D eigenvalue weighted by Crippen LogP contribution is 2.24. The first-order chi connectivity index (χ1) is 42.6. The summed E-state index contributed by atoms with van der Waals surface area (Å²) < 4.78 is 0. The number of aromatic amines is 3. The fourth-order valence-electron chi connectivity index (χ4n) is 10.9. The summed E-state index contributed by atoms with van der Waals surface area (Å²) in [5, 5.41) is 54.9. The second-order valence-corrected chi connectivity index (χ2v) is 22.6. The standard InChI is InChI=1S/C61H74N14O14/c1-32(2)21-44(70-59(87)49(30-76)74-57(85)46(24-36-27-64-42-12-7-5-10-40(36)42)71-58(86)47(25-37-28-62-31-66-37)72-54(82)43-18-19-51(78)68-43)55(83)67-33(3)53(81)69-45(23-35-26-63-41-11-6-4-9-39(35)41)56(84)73-48(22-34-14-16-38(77)17-15-34)61(89)75-20-8-13-50(75)60(88)65-29-52(79)80/h4-7,9-12,14-17,26-28,31-33,43-50,63-64,76-77H,8,13,18-25,29-30H2,1-3H3,(H,62,66)(H,65,88)(H,67,83)(H,68,78)(H,69,81)(H,70,87)(H,71,86)(H,72,82)(H,73,84)(H,74,85)(H,79,80)/t33-,43+,44+,45+,46+,47+,48+,49+,50+/m1/s1. The molecule has 2 aliphatic heterocycles. The topological polar surface area (TPSA) is 420 Å². The predicted octanol–water partition coefficient (Wildman–Crippen LogP) is -0.729. The van der Waals surface area contributed by atoms with Crippen LogP contribution in [-0.2, 0) is 78.4 Å². The highest BCUT2D eigenvalue weighted by atomic mass is 16.4. The zero-order valence-electron chi connectivity index (χ0n) is 49.2. The van der Waals surface area contributed by atoms with Crippen molar-refractivity contribution in [2.75, 3.05) is 19.7 Å². The van der Waals surface area contributed by atoms with Crippen LogP contribution in [0.2, 0.25) is 0 Å². The Balaban J connectivity index is 0.976. The number of carboxylic acid groups (broad SMARTS) is 1. The Bertz CT molecular complexity index is 3550. The third-order valence-corrected chi connectivity index (χ3v) is 15.5. The Morgan fingerprint density at radius 3 is 1.73 bits per heavy atom. The maximum Gasteiger partial charge on any atom is 0.322 e. The van der Waals surface area contributed by atoms with Gasteiger partial charge in [0.25, 0.3) is 0 Å². The number of phenols is 1. The maximum absolute atomic E-state index is 14.7. The van der Waals surface area contributed by atoms with Crippen LogP contribution in [-0.4, -0.2) is 179 Å². The highest BCUT2D eigenvalue weighted by Gasteiger charge is 2.40. The molecule has 15 N–H and O–H groups in total. The summed E-state index contributed by atoms with van der Waals surface area (Å²) >= 11 is 0. The summed E-state index contributed by atoms with van der Waals surface area (Å²) in [6.45, 7) is 3.34. The molecule has 2 fully saturated rings. The number of fused-ring (bicyclic) bond motifs is 2. The molecule has 28 nitrogen and oxygen atoms in total. The average molecular weight is 1230 g/mol. The number of aromatic nitrogens is 4. The first-order valence-electron chi connectivity index (χ1n) is 29.3. The van der Waals surface area contributed by atoms with Crippen molar-refractivity contribution in [3.8, 4) is 5.75 Å². The SMILES string of the molecule is CC(C)C[C@H](NC(=O)[C@H](CO)NC(=O)[C@H](Cc1c[nH]c2ccccc12)NC(=O)[C@H](Cc1cnc[nH]1)NC(=O)[C@@H]1CCC(=O)N1)C(=O)N[C@H](C)C(=O)N[C@@H](Cc1c[nH]c2ccccc12)C(=O)N[C@@H](Cc1ccc(O)cc1)C(=O)N1CCC[C@H]1C(=O)NCC(=O)O. The van der Waals surface area contributed by atoms with Crippen LogP contribution in [0.3, 0.4) is 0 Å². The molecule has 0 saturated carbocycles. The van der Waals surface area contributed by atoms with Crippen LogP contribution in [0.5, 0.6) is 5.75 Å². The van der Waals surface area contributed by atoms with Crippen LogP contribution in [0.25, 0.3) is 21.8 Å². The predicted molar refractivity (Wildman–Crippen MR) is 320 cm³/mol. The van der Waals surface area contributed by atoms with Gasteiger partial charge in [-0.05, 0) is 79.5 Å². The van der Waals surface area contributed by atoms with Crippen LogP contribution in [0, 0.1) is 5.92 Å². The van der Waals surface area contributed by atoms with Crippen LogP contribution in [0.4, 0.5) is 0 Å². The third-order valence-electron chi connectivity index (χ3n) is 15.5. The molecule has 0 bridgehead atoms. The molecule has 0 radical (unpaired) electrons. The number of amides is 10. The molecule has 0 aliphatic carbocycles. The zero-order valence-corrected chi connectivity index (χ0v) is 49.2. The van der Waals surface area contributed by atoms with Gasteiger partial charge in [0.1, 0.15) is 66.7 Å². The van der Waals surface area contributed by atoms with Gasteiger partial charge in [0.05, 0.1) is 12.9 Å². The van der Waals surface area contributed by atoms with E-state index in [9.17, 15) is 68.1 Å². The number of hydrogen-bond donors (Lipinski definition) is 15. The molecule has 6 aromatic rings. The molecule has 3 aromatic heterocycles. The number of likely N-dealkylation sites (tertiary alicyclic amines) is 1. The van der Waals surface area contributed by atoms with Crippen molar-refractivity contribution in [2.45, 2.75) is 133 Å². The number of phenolic OH excluding ortho intramolecular Hbond substituents is 1. The molecule has 89 heavy (non-hydrogen) atoms. The molecule has 2 aliphatic rings. The largest absolute Gasteiger partial charge is 0.508 e. The van der Waals surface area contributed by atoms with Crippen LogP contribution < -0.4 is 47.9 Å². The number of carbonyl (C=O) groups is 11. The number of aromatic hydroxyl groups is 1. The van der Waals surface area contributed by atoms with Gasteiger partial charge in [-0.3, -0.25) is 52.7 Å². The Labute approximate surface area is 510 Å². The number of carboxylic acids is 1. The maximum atomic E-state index is 14.7. The Morgan fingerprint density at radius 2 is 1.17 bits per heavy atom. The van der Waals surface area contributed by atoms with E-state index in [4.69, 9.17) is 0 Å². The van der Waals surface area contributed by atoms with E-state index in [2.05, 4.69) is 67.8 Å². The number of para-hydroxylation sites is 2. The lowest BCUT2D eigenvalue weighted by molar-refractivity contribution is -0.143. The van der Waals surface area contributed by atoms with Crippen molar-refractivity contribution in [2.24, 2.45) is 5.92 Å². The number of hydrogen-bond acceptors (Lipinski definition) is 14. The van der Waals surface area contributed by atoms with Gasteiger partial charge in [0.15, 0.2) is 0 Å². The summed E-state index contributed by atoms with van der Waals surface area (Å²) in [7, 11) is 0. The van der Waals surface area contributed by atoms with E-state index in [1.54, 1.807) is 68.7 Å². The summed E-state index contributed by atoms with van der Waals surface area (Å²) in [5.74, 6) is -9.19. The van der Waals surface area contributed by atoms with Crippen molar-refractivity contribution in [3.05, 3.63) is 120 Å². The van der Waals surface area contributed by atoms with Crippen LogP contribution >= 0.6 is 0 Å². The minimum atomic E-state index is -1.71. The number of aliphatic carboxylic acids is 1. The van der Waals surface area contributed by atoms with E-state index >= 15 is 0 Å². The normalized spacial score (nSPS) is 17.0. The van der Waals surface area contributed by atoms with E-state index in [-0.39, 0.29) is 75.5 Å². The summed E-state index contributed by atoms with van der Waals surface area (Å²) in [5.41, 5.74) is 3.60. The molecule has 8 rings (SSSR count). The summed E-state index contributed by atoms with van der Waals surface area (Å²) in [6.07, 6.45) is 6.56. The zero-order chi connectivity index (χ0) is 63.9. The monoisotopic (exact) mass is 1230 g/mol. The van der Waals surface area contributed by atoms with E-state index in [0.717, 1.165) is 16.4 Å². The van der Waals surface area contributed by atoms with Gasteiger partial charge in [0, 0.05) is 84.7 Å². The summed E-state index contributed by atoms with van der Waals surface area (Å²) in [6, 6.07) is 8.37. The number of H-pyrrole nitrogens is 3. The van der Waals surface area contributed by atoms with Gasteiger partial charge >= 0.3 is 5.97 Å². The first kappa shape index (κ1) is 64.9. The second kappa shape index (κ2) is 30.0. The van der Waals surface area contributed by atoms with Gasteiger partial charge < -0.3 is 83.0 Å². The lowest BCUT2D eigenvalue weighted by atomic mass is 10.0. The van der Waals surface area contributed by atoms with Crippen molar-refractivity contribution in [3.63, 3.8) is 0 Å². The van der Waals surface area contributed by atoms with Crippen molar-refractivity contribution >= 4 is 86.8 Å². The number of carbonyl (C=O) groups excluding carboxylic acids is 10. The number of nitrogens with one attached hydrogen (secondary N) is 12. The van der Waals surface area contributed by atoms with E-state index in [1.807, 2.05) is 18.2 Å². The number of rotatable bonds is 29. The molecule has 9 atom stereocenters. The van der Waals surface area contributed by atoms with Gasteiger partial charge in [-0.15, -0.1) is 0 Å². The Kier molecular flexibility index (Phi) is 21.9. The lowest BCUT2D eigenvalue weighted by Gasteiger charge is -2.30. The minimum absolute atomic E-state index is 0.00757. The van der Waals surface area contributed by atoms with Crippen LogP contribution in [0.1, 0.15) is 75.3 Å². The average Bonchev–Trinajstić information content (AvgIpc) is 2.91. The van der Waals surface area contributed by atoms with Gasteiger partial charge in [-0.1, -0.05) is 62.4 Å².